The first kappa shape index (κ1) is 14.7. The van der Waals surface area contributed by atoms with Crippen LogP contribution < -0.4 is 10.1 Å². The molecule has 0 bridgehead atoms. The molecule has 0 spiro atoms. The molecule has 1 aliphatic rings. The van der Waals surface area contributed by atoms with Crippen molar-refractivity contribution in [3.63, 3.8) is 0 Å². The SMILES string of the molecule is CCCNC(CSc1nc2ccc(OC)cc2[nH]1)C1CC1. The molecular weight excluding hydrogens is 282 g/mol. The maximum absolute atomic E-state index is 5.25. The molecule has 114 valence electrons. The molecule has 0 saturated heterocycles. The molecule has 0 amide bonds. The van der Waals surface area contributed by atoms with Gasteiger partial charge in [0, 0.05) is 17.9 Å². The molecular formula is C16H23N3OS. The molecule has 1 aromatic heterocycles. The van der Waals surface area contributed by atoms with E-state index in [2.05, 4.69) is 22.2 Å². The number of rotatable bonds is 8. The largest absolute Gasteiger partial charge is 0.497 e. The van der Waals surface area contributed by atoms with E-state index in [0.29, 0.717) is 6.04 Å². The lowest BCUT2D eigenvalue weighted by atomic mass is 10.2. The second-order valence-electron chi connectivity index (χ2n) is 5.63. The number of fused-ring (bicyclic) bond motifs is 1. The molecule has 21 heavy (non-hydrogen) atoms. The van der Waals surface area contributed by atoms with Gasteiger partial charge < -0.3 is 15.0 Å². The first-order valence-electron chi connectivity index (χ1n) is 7.70. The fourth-order valence-electron chi connectivity index (χ4n) is 2.52. The van der Waals surface area contributed by atoms with Gasteiger partial charge in [-0.15, -0.1) is 0 Å². The number of nitrogens with zero attached hydrogens (tertiary/aromatic N) is 1. The average molecular weight is 305 g/mol. The van der Waals surface area contributed by atoms with Crippen molar-refractivity contribution in [2.45, 2.75) is 37.4 Å². The van der Waals surface area contributed by atoms with Gasteiger partial charge in [0.15, 0.2) is 5.16 Å². The summed E-state index contributed by atoms with van der Waals surface area (Å²) >= 11 is 1.82. The van der Waals surface area contributed by atoms with Crippen LogP contribution in [0.3, 0.4) is 0 Å². The third-order valence-corrected chi connectivity index (χ3v) is 4.91. The number of imidazole rings is 1. The first-order chi connectivity index (χ1) is 10.3. The fourth-order valence-corrected chi connectivity index (χ4v) is 3.59. The van der Waals surface area contributed by atoms with Crippen LogP contribution in [0.4, 0.5) is 0 Å². The highest BCUT2D eigenvalue weighted by Crippen LogP contribution is 2.35. The summed E-state index contributed by atoms with van der Waals surface area (Å²) in [6, 6.07) is 6.58. The monoisotopic (exact) mass is 305 g/mol. The van der Waals surface area contributed by atoms with Crippen molar-refractivity contribution < 1.29 is 4.74 Å². The van der Waals surface area contributed by atoms with Crippen molar-refractivity contribution in [1.29, 1.82) is 0 Å². The zero-order chi connectivity index (χ0) is 14.7. The van der Waals surface area contributed by atoms with E-state index in [4.69, 9.17) is 4.74 Å². The van der Waals surface area contributed by atoms with Gasteiger partial charge in [-0.25, -0.2) is 4.98 Å². The first-order valence-corrected chi connectivity index (χ1v) is 8.68. The van der Waals surface area contributed by atoms with Gasteiger partial charge >= 0.3 is 0 Å². The maximum atomic E-state index is 5.25. The predicted molar refractivity (Wildman–Crippen MR) is 88.2 cm³/mol. The second kappa shape index (κ2) is 6.71. The van der Waals surface area contributed by atoms with E-state index >= 15 is 0 Å². The Bertz CT molecular complexity index is 594. The Morgan fingerprint density at radius 2 is 2.33 bits per heavy atom. The number of benzene rings is 1. The van der Waals surface area contributed by atoms with Gasteiger partial charge in [0.05, 0.1) is 18.1 Å². The minimum Gasteiger partial charge on any atom is -0.497 e. The summed E-state index contributed by atoms with van der Waals surface area (Å²) in [7, 11) is 1.69. The summed E-state index contributed by atoms with van der Waals surface area (Å²) < 4.78 is 5.25. The smallest absolute Gasteiger partial charge is 0.166 e. The lowest BCUT2D eigenvalue weighted by molar-refractivity contribution is 0.415. The van der Waals surface area contributed by atoms with Crippen LogP contribution in [0.2, 0.25) is 0 Å². The lowest BCUT2D eigenvalue weighted by Gasteiger charge is -2.16. The highest BCUT2D eigenvalue weighted by molar-refractivity contribution is 7.99. The summed E-state index contributed by atoms with van der Waals surface area (Å²) in [5, 5.41) is 4.67. The molecule has 5 heteroatoms. The van der Waals surface area contributed by atoms with Gasteiger partial charge in [0.1, 0.15) is 5.75 Å². The number of hydrogen-bond acceptors (Lipinski definition) is 4. The standard InChI is InChI=1S/C16H23N3OS/c1-3-8-17-15(11-4-5-11)10-21-16-18-13-7-6-12(20-2)9-14(13)19-16/h6-7,9,11,15,17H,3-5,8,10H2,1-2H3,(H,18,19). The van der Waals surface area contributed by atoms with Gasteiger partial charge in [-0.3, -0.25) is 0 Å². The van der Waals surface area contributed by atoms with Crippen LogP contribution in [-0.2, 0) is 0 Å². The summed E-state index contributed by atoms with van der Waals surface area (Å²) in [5.74, 6) is 2.82. The van der Waals surface area contributed by atoms with Crippen molar-refractivity contribution in [3.8, 4) is 5.75 Å². The molecule has 0 aliphatic heterocycles. The quantitative estimate of drug-likeness (QED) is 0.734. The fraction of sp³-hybridized carbons (Fsp3) is 0.562. The molecule has 4 nitrogen and oxygen atoms in total. The van der Waals surface area contributed by atoms with Crippen LogP contribution in [-0.4, -0.2) is 35.4 Å². The van der Waals surface area contributed by atoms with E-state index < -0.39 is 0 Å². The minimum absolute atomic E-state index is 0.623. The van der Waals surface area contributed by atoms with Gasteiger partial charge in [-0.05, 0) is 43.9 Å². The third kappa shape index (κ3) is 3.71. The zero-order valence-electron chi connectivity index (χ0n) is 12.7. The van der Waals surface area contributed by atoms with E-state index in [-0.39, 0.29) is 0 Å². The molecule has 2 N–H and O–H groups in total. The van der Waals surface area contributed by atoms with Crippen LogP contribution in [0.5, 0.6) is 5.75 Å². The number of methoxy groups -OCH3 is 1. The van der Waals surface area contributed by atoms with Gasteiger partial charge in [-0.2, -0.15) is 0 Å². The molecule has 1 heterocycles. The molecule has 1 aromatic carbocycles. The number of ether oxygens (including phenoxy) is 1. The Morgan fingerprint density at radius 3 is 3.05 bits per heavy atom. The van der Waals surface area contributed by atoms with E-state index in [1.807, 2.05) is 30.0 Å². The van der Waals surface area contributed by atoms with Crippen LogP contribution in [0.25, 0.3) is 11.0 Å². The van der Waals surface area contributed by atoms with Crippen LogP contribution in [0, 0.1) is 5.92 Å². The zero-order valence-corrected chi connectivity index (χ0v) is 13.5. The topological polar surface area (TPSA) is 49.9 Å². The van der Waals surface area contributed by atoms with Crippen molar-refractivity contribution in [2.75, 3.05) is 19.4 Å². The van der Waals surface area contributed by atoms with Crippen molar-refractivity contribution in [1.82, 2.24) is 15.3 Å². The van der Waals surface area contributed by atoms with Gasteiger partial charge in [-0.1, -0.05) is 18.7 Å². The Morgan fingerprint density at radius 1 is 1.48 bits per heavy atom. The van der Waals surface area contributed by atoms with Crippen molar-refractivity contribution in [2.24, 2.45) is 5.92 Å². The van der Waals surface area contributed by atoms with Crippen LogP contribution >= 0.6 is 11.8 Å². The van der Waals surface area contributed by atoms with Crippen molar-refractivity contribution in [3.05, 3.63) is 18.2 Å². The van der Waals surface area contributed by atoms with E-state index in [1.54, 1.807) is 7.11 Å². The van der Waals surface area contributed by atoms with Gasteiger partial charge in [0.25, 0.3) is 0 Å². The van der Waals surface area contributed by atoms with Gasteiger partial charge in [0.2, 0.25) is 0 Å². The molecule has 1 atom stereocenters. The van der Waals surface area contributed by atoms with Crippen molar-refractivity contribution >= 4 is 22.8 Å². The highest BCUT2D eigenvalue weighted by atomic mass is 32.2. The highest BCUT2D eigenvalue weighted by Gasteiger charge is 2.30. The number of aromatic amines is 1. The summed E-state index contributed by atoms with van der Waals surface area (Å²) in [6.07, 6.45) is 3.94. The number of thioether (sulfide) groups is 1. The minimum atomic E-state index is 0.623. The summed E-state index contributed by atoms with van der Waals surface area (Å²) in [4.78, 5) is 8.03. The third-order valence-electron chi connectivity index (χ3n) is 3.91. The molecule has 1 fully saturated rings. The Hall–Kier alpha value is -1.20. The molecule has 1 saturated carbocycles. The second-order valence-corrected chi connectivity index (χ2v) is 6.64. The Balaban J connectivity index is 1.63. The summed E-state index contributed by atoms with van der Waals surface area (Å²) in [6.45, 7) is 3.33. The molecule has 1 unspecified atom stereocenters. The molecule has 3 rings (SSSR count). The van der Waals surface area contributed by atoms with E-state index in [1.165, 1.54) is 19.3 Å². The summed E-state index contributed by atoms with van der Waals surface area (Å²) in [5.41, 5.74) is 2.05. The average Bonchev–Trinajstić information content (AvgIpc) is 3.26. The number of hydrogen-bond donors (Lipinski definition) is 2. The maximum Gasteiger partial charge on any atom is 0.166 e. The molecule has 2 aromatic rings. The molecule has 1 aliphatic carbocycles. The van der Waals surface area contributed by atoms with E-state index in [9.17, 15) is 0 Å². The number of aromatic nitrogens is 2. The molecule has 0 radical (unpaired) electrons. The number of nitrogens with one attached hydrogen (secondary N) is 2. The van der Waals surface area contributed by atoms with Crippen LogP contribution in [0.1, 0.15) is 26.2 Å². The lowest BCUT2D eigenvalue weighted by Crippen LogP contribution is -2.33. The Labute approximate surface area is 130 Å². The Kier molecular flexibility index (Phi) is 4.70. The van der Waals surface area contributed by atoms with E-state index in [0.717, 1.165) is 40.2 Å². The normalized spacial score (nSPS) is 16.3. The van der Waals surface area contributed by atoms with Crippen LogP contribution in [0.15, 0.2) is 23.4 Å². The number of H-pyrrole nitrogens is 1. The predicted octanol–water partition coefficient (Wildman–Crippen LogP) is 3.44.